The Bertz CT molecular complexity index is 182. The third-order valence-electron chi connectivity index (χ3n) is 3.17. The molecule has 2 saturated heterocycles. The molecule has 0 radical (unpaired) electrons. The van der Waals surface area contributed by atoms with Crippen molar-refractivity contribution in [3.05, 3.63) is 0 Å². The molecule has 2 fully saturated rings. The molecule has 0 bridgehead atoms. The molecule has 2 rings (SSSR count). The van der Waals surface area contributed by atoms with Gasteiger partial charge in [0.25, 0.3) is 0 Å². The van der Waals surface area contributed by atoms with E-state index in [1.807, 2.05) is 0 Å². The summed E-state index contributed by atoms with van der Waals surface area (Å²) in [6.45, 7) is 7.28. The van der Waals surface area contributed by atoms with E-state index < -0.39 is 0 Å². The van der Waals surface area contributed by atoms with Crippen molar-refractivity contribution in [2.75, 3.05) is 52.9 Å². The summed E-state index contributed by atoms with van der Waals surface area (Å²) in [5, 5.41) is 0. The summed E-state index contributed by atoms with van der Waals surface area (Å²) in [5.74, 6) is 0.733. The summed E-state index contributed by atoms with van der Waals surface area (Å²) in [6.07, 6.45) is 0.410. The van der Waals surface area contributed by atoms with Crippen molar-refractivity contribution in [3.8, 4) is 0 Å². The summed E-state index contributed by atoms with van der Waals surface area (Å²) in [7, 11) is 2.16. The zero-order chi connectivity index (χ0) is 9.97. The van der Waals surface area contributed by atoms with Crippen LogP contribution >= 0.6 is 0 Å². The van der Waals surface area contributed by atoms with Crippen LogP contribution in [0.4, 0.5) is 0 Å². The fourth-order valence-corrected chi connectivity index (χ4v) is 2.24. The lowest BCUT2D eigenvalue weighted by Gasteiger charge is -2.42. The maximum absolute atomic E-state index is 5.71. The number of likely N-dealkylation sites (tertiary alicyclic amines) is 1. The number of morpholine rings is 1. The second-order valence-corrected chi connectivity index (χ2v) is 4.58. The first-order chi connectivity index (χ1) is 6.78. The van der Waals surface area contributed by atoms with Crippen molar-refractivity contribution in [1.82, 2.24) is 9.80 Å². The lowest BCUT2D eigenvalue weighted by atomic mass is 10.00. The molecule has 0 aromatic carbocycles. The lowest BCUT2D eigenvalue weighted by Crippen LogP contribution is -2.55. The first-order valence-corrected chi connectivity index (χ1v) is 5.50. The molecular formula is C10H21N3O. The van der Waals surface area contributed by atoms with Gasteiger partial charge in [-0.15, -0.1) is 0 Å². The van der Waals surface area contributed by atoms with Gasteiger partial charge in [0.15, 0.2) is 0 Å². The SMILES string of the molecule is CN1CCOC(CN2CC(CN)C2)C1. The Labute approximate surface area is 86.0 Å². The van der Waals surface area contributed by atoms with E-state index in [0.29, 0.717) is 6.10 Å². The average Bonchev–Trinajstić information content (AvgIpc) is 2.10. The van der Waals surface area contributed by atoms with E-state index in [1.54, 1.807) is 0 Å². The Balaban J connectivity index is 1.66. The van der Waals surface area contributed by atoms with E-state index in [1.165, 1.54) is 13.1 Å². The molecule has 2 aliphatic rings. The first-order valence-electron chi connectivity index (χ1n) is 5.50. The predicted molar refractivity (Wildman–Crippen MR) is 56.2 cm³/mol. The molecule has 0 aromatic heterocycles. The largest absolute Gasteiger partial charge is 0.374 e. The van der Waals surface area contributed by atoms with Crippen molar-refractivity contribution >= 4 is 0 Å². The van der Waals surface area contributed by atoms with Gasteiger partial charge in [0.2, 0.25) is 0 Å². The molecule has 0 aliphatic carbocycles. The number of likely N-dealkylation sites (N-methyl/N-ethyl adjacent to an activating group) is 1. The molecule has 2 N–H and O–H groups in total. The van der Waals surface area contributed by atoms with Crippen LogP contribution in [0.2, 0.25) is 0 Å². The molecule has 0 spiro atoms. The zero-order valence-electron chi connectivity index (χ0n) is 8.98. The quantitative estimate of drug-likeness (QED) is 0.646. The highest BCUT2D eigenvalue weighted by Gasteiger charge is 2.28. The maximum atomic E-state index is 5.71. The molecule has 0 saturated carbocycles. The summed E-state index contributed by atoms with van der Waals surface area (Å²) in [6, 6.07) is 0. The third kappa shape index (κ3) is 2.45. The van der Waals surface area contributed by atoms with Crippen molar-refractivity contribution in [3.63, 3.8) is 0 Å². The number of nitrogens with two attached hydrogens (primary N) is 1. The van der Waals surface area contributed by atoms with Crippen LogP contribution in [0, 0.1) is 5.92 Å². The lowest BCUT2D eigenvalue weighted by molar-refractivity contribution is -0.0517. The van der Waals surface area contributed by atoms with E-state index in [9.17, 15) is 0 Å². The molecule has 4 nitrogen and oxygen atoms in total. The van der Waals surface area contributed by atoms with Gasteiger partial charge in [-0.1, -0.05) is 0 Å². The number of hydrogen-bond acceptors (Lipinski definition) is 4. The number of nitrogens with zero attached hydrogens (tertiary/aromatic N) is 2. The summed E-state index contributed by atoms with van der Waals surface area (Å²) in [4.78, 5) is 4.79. The van der Waals surface area contributed by atoms with Crippen LogP contribution in [0.5, 0.6) is 0 Å². The Morgan fingerprint density at radius 2 is 2.14 bits per heavy atom. The number of ether oxygens (including phenoxy) is 1. The van der Waals surface area contributed by atoms with Gasteiger partial charge in [-0.05, 0) is 19.5 Å². The number of hydrogen-bond donors (Lipinski definition) is 1. The maximum Gasteiger partial charge on any atom is 0.0829 e. The van der Waals surface area contributed by atoms with E-state index in [-0.39, 0.29) is 0 Å². The molecule has 1 unspecified atom stereocenters. The molecule has 4 heteroatoms. The molecule has 14 heavy (non-hydrogen) atoms. The van der Waals surface area contributed by atoms with Crippen LogP contribution in [0.1, 0.15) is 0 Å². The van der Waals surface area contributed by atoms with Crippen LogP contribution in [-0.4, -0.2) is 68.8 Å². The molecular weight excluding hydrogens is 178 g/mol. The van der Waals surface area contributed by atoms with Gasteiger partial charge in [-0.3, -0.25) is 4.90 Å². The molecule has 1 atom stereocenters. The van der Waals surface area contributed by atoms with Crippen molar-refractivity contribution in [2.24, 2.45) is 11.7 Å². The Morgan fingerprint density at radius 1 is 1.36 bits per heavy atom. The Morgan fingerprint density at radius 3 is 2.79 bits per heavy atom. The van der Waals surface area contributed by atoms with Crippen molar-refractivity contribution in [1.29, 1.82) is 0 Å². The van der Waals surface area contributed by atoms with Gasteiger partial charge in [-0.25, -0.2) is 0 Å². The highest BCUT2D eigenvalue weighted by Crippen LogP contribution is 2.16. The smallest absolute Gasteiger partial charge is 0.0829 e. The van der Waals surface area contributed by atoms with Crippen molar-refractivity contribution < 1.29 is 4.74 Å². The highest BCUT2D eigenvalue weighted by atomic mass is 16.5. The Kier molecular flexibility index (Phi) is 3.38. The fourth-order valence-electron chi connectivity index (χ4n) is 2.24. The monoisotopic (exact) mass is 199 g/mol. The molecule has 2 aliphatic heterocycles. The molecule has 0 amide bonds. The van der Waals surface area contributed by atoms with E-state index in [0.717, 1.165) is 38.7 Å². The van der Waals surface area contributed by atoms with Gasteiger partial charge in [0.05, 0.1) is 12.7 Å². The van der Waals surface area contributed by atoms with Crippen molar-refractivity contribution in [2.45, 2.75) is 6.10 Å². The van der Waals surface area contributed by atoms with Crippen LogP contribution in [0.25, 0.3) is 0 Å². The topological polar surface area (TPSA) is 41.7 Å². The highest BCUT2D eigenvalue weighted by molar-refractivity contribution is 4.83. The Hall–Kier alpha value is -0.160. The zero-order valence-corrected chi connectivity index (χ0v) is 8.98. The molecule has 2 heterocycles. The van der Waals surface area contributed by atoms with Crippen LogP contribution in [0.15, 0.2) is 0 Å². The second-order valence-electron chi connectivity index (χ2n) is 4.58. The normalized spacial score (nSPS) is 31.7. The summed E-state index contributed by atoms with van der Waals surface area (Å²) >= 11 is 0. The summed E-state index contributed by atoms with van der Waals surface area (Å²) in [5.41, 5.74) is 5.59. The predicted octanol–water partition coefficient (Wildman–Crippen LogP) is -0.792. The minimum Gasteiger partial charge on any atom is -0.374 e. The standard InChI is InChI=1S/C10H21N3O/c1-12-2-3-14-10(7-12)8-13-5-9(4-11)6-13/h9-10H,2-8,11H2,1H3. The van der Waals surface area contributed by atoms with Crippen LogP contribution in [-0.2, 0) is 4.74 Å². The minimum atomic E-state index is 0.410. The molecule has 0 aromatic rings. The van der Waals surface area contributed by atoms with E-state index >= 15 is 0 Å². The average molecular weight is 199 g/mol. The van der Waals surface area contributed by atoms with Gasteiger partial charge in [0.1, 0.15) is 0 Å². The fraction of sp³-hybridized carbons (Fsp3) is 1.00. The van der Waals surface area contributed by atoms with Crippen LogP contribution in [0.3, 0.4) is 0 Å². The minimum absolute atomic E-state index is 0.410. The van der Waals surface area contributed by atoms with Gasteiger partial charge >= 0.3 is 0 Å². The molecule has 82 valence electrons. The second kappa shape index (κ2) is 4.57. The van der Waals surface area contributed by atoms with Gasteiger partial charge in [0, 0.05) is 32.7 Å². The third-order valence-corrected chi connectivity index (χ3v) is 3.17. The van der Waals surface area contributed by atoms with E-state index in [4.69, 9.17) is 10.5 Å². The first kappa shape index (κ1) is 10.4. The number of rotatable bonds is 3. The van der Waals surface area contributed by atoms with Gasteiger partial charge < -0.3 is 15.4 Å². The summed E-state index contributed by atoms with van der Waals surface area (Å²) < 4.78 is 5.71. The van der Waals surface area contributed by atoms with E-state index in [2.05, 4.69) is 16.8 Å². The van der Waals surface area contributed by atoms with Crippen LogP contribution < -0.4 is 5.73 Å². The van der Waals surface area contributed by atoms with Gasteiger partial charge in [-0.2, -0.15) is 0 Å².